The topological polar surface area (TPSA) is 65.5 Å². The van der Waals surface area contributed by atoms with Crippen LogP contribution in [0.2, 0.25) is 0 Å². The van der Waals surface area contributed by atoms with Crippen molar-refractivity contribution < 1.29 is 18.5 Å². The Balaban J connectivity index is 1.68. The molecule has 0 saturated heterocycles. The summed E-state index contributed by atoms with van der Waals surface area (Å²) < 4.78 is 15.7. The van der Waals surface area contributed by atoms with E-state index in [1.54, 1.807) is 30.5 Å². The number of rotatable bonds is 4. The van der Waals surface area contributed by atoms with E-state index in [0.29, 0.717) is 22.8 Å². The molecular weight excluding hydrogens is 282 g/mol. The van der Waals surface area contributed by atoms with E-state index in [-0.39, 0.29) is 12.6 Å². The first-order valence-corrected chi connectivity index (χ1v) is 6.88. The molecule has 5 nitrogen and oxygen atoms in total. The third-order valence-electron chi connectivity index (χ3n) is 3.50. The number of benzene rings is 1. The molecule has 0 saturated carbocycles. The summed E-state index contributed by atoms with van der Waals surface area (Å²) in [6.45, 7) is 3.91. The zero-order chi connectivity index (χ0) is 15.5. The lowest BCUT2D eigenvalue weighted by molar-refractivity contribution is 0.0463. The fourth-order valence-electron chi connectivity index (χ4n) is 2.10. The average molecular weight is 297 g/mol. The SMILES string of the molecule is Cc1cccc(C(=O)OCc2cc(-c3ccco3)on2)c1C. The largest absolute Gasteiger partial charge is 0.461 e. The summed E-state index contributed by atoms with van der Waals surface area (Å²) in [5.41, 5.74) is 3.07. The molecule has 0 unspecified atom stereocenters. The van der Waals surface area contributed by atoms with Gasteiger partial charge in [-0.05, 0) is 43.2 Å². The molecule has 0 amide bonds. The summed E-state index contributed by atoms with van der Waals surface area (Å²) in [5.74, 6) is 0.714. The van der Waals surface area contributed by atoms with Gasteiger partial charge in [0.25, 0.3) is 0 Å². The summed E-state index contributed by atoms with van der Waals surface area (Å²) in [5, 5.41) is 3.87. The third kappa shape index (κ3) is 2.79. The van der Waals surface area contributed by atoms with Crippen molar-refractivity contribution in [1.29, 1.82) is 0 Å². The molecule has 2 heterocycles. The number of aryl methyl sites for hydroxylation is 1. The van der Waals surface area contributed by atoms with Gasteiger partial charge in [-0.15, -0.1) is 0 Å². The van der Waals surface area contributed by atoms with Crippen LogP contribution in [-0.4, -0.2) is 11.1 Å². The Kier molecular flexibility index (Phi) is 3.78. The maximum atomic E-state index is 12.1. The van der Waals surface area contributed by atoms with Gasteiger partial charge in [-0.25, -0.2) is 4.79 Å². The van der Waals surface area contributed by atoms with Gasteiger partial charge >= 0.3 is 5.97 Å². The van der Waals surface area contributed by atoms with Gasteiger partial charge in [0.2, 0.25) is 5.76 Å². The maximum Gasteiger partial charge on any atom is 0.338 e. The third-order valence-corrected chi connectivity index (χ3v) is 3.50. The minimum atomic E-state index is -0.372. The Morgan fingerprint density at radius 1 is 1.18 bits per heavy atom. The second-order valence-corrected chi connectivity index (χ2v) is 4.98. The van der Waals surface area contributed by atoms with Crippen LogP contribution in [0.25, 0.3) is 11.5 Å². The number of nitrogens with zero attached hydrogens (tertiary/aromatic N) is 1. The highest BCUT2D eigenvalue weighted by atomic mass is 16.5. The highest BCUT2D eigenvalue weighted by Gasteiger charge is 2.14. The Hall–Kier alpha value is -2.82. The van der Waals surface area contributed by atoms with Gasteiger partial charge in [-0.3, -0.25) is 0 Å². The van der Waals surface area contributed by atoms with Crippen LogP contribution < -0.4 is 0 Å². The quantitative estimate of drug-likeness (QED) is 0.683. The first kappa shape index (κ1) is 14.1. The van der Waals surface area contributed by atoms with E-state index in [1.807, 2.05) is 26.0 Å². The van der Waals surface area contributed by atoms with Crippen molar-refractivity contribution in [2.45, 2.75) is 20.5 Å². The number of aromatic nitrogens is 1. The normalized spacial score (nSPS) is 10.6. The molecule has 2 aromatic heterocycles. The molecule has 5 heteroatoms. The number of furan rings is 1. The smallest absolute Gasteiger partial charge is 0.338 e. The molecule has 3 rings (SSSR count). The van der Waals surface area contributed by atoms with E-state index >= 15 is 0 Å². The van der Waals surface area contributed by atoms with Gasteiger partial charge in [-0.2, -0.15) is 0 Å². The molecule has 22 heavy (non-hydrogen) atoms. The summed E-state index contributed by atoms with van der Waals surface area (Å²) in [4.78, 5) is 12.1. The predicted octanol–water partition coefficient (Wildman–Crippen LogP) is 3.91. The first-order valence-electron chi connectivity index (χ1n) is 6.88. The first-order chi connectivity index (χ1) is 10.6. The van der Waals surface area contributed by atoms with Crippen LogP contribution >= 0.6 is 0 Å². The van der Waals surface area contributed by atoms with E-state index in [1.165, 1.54) is 0 Å². The molecule has 0 atom stereocenters. The Morgan fingerprint density at radius 2 is 2.05 bits per heavy atom. The summed E-state index contributed by atoms with van der Waals surface area (Å²) in [6.07, 6.45) is 1.55. The Labute approximate surface area is 127 Å². The predicted molar refractivity (Wildman–Crippen MR) is 79.2 cm³/mol. The molecule has 0 aliphatic heterocycles. The highest BCUT2D eigenvalue weighted by molar-refractivity contribution is 5.91. The van der Waals surface area contributed by atoms with Crippen molar-refractivity contribution in [2.75, 3.05) is 0 Å². The molecular formula is C17H15NO4. The molecule has 0 aliphatic carbocycles. The van der Waals surface area contributed by atoms with Crippen LogP contribution in [0.3, 0.4) is 0 Å². The number of hydrogen-bond acceptors (Lipinski definition) is 5. The van der Waals surface area contributed by atoms with Gasteiger partial charge in [0, 0.05) is 6.07 Å². The fourth-order valence-corrected chi connectivity index (χ4v) is 2.10. The average Bonchev–Trinajstić information content (AvgIpc) is 3.18. The van der Waals surface area contributed by atoms with Crippen LogP contribution in [0.5, 0.6) is 0 Å². The van der Waals surface area contributed by atoms with Crippen LogP contribution in [0.4, 0.5) is 0 Å². The van der Waals surface area contributed by atoms with Crippen molar-refractivity contribution in [3.8, 4) is 11.5 Å². The molecule has 0 fully saturated rings. The van der Waals surface area contributed by atoms with Gasteiger partial charge in [0.05, 0.1) is 11.8 Å². The summed E-state index contributed by atoms with van der Waals surface area (Å²) >= 11 is 0. The molecule has 0 radical (unpaired) electrons. The fraction of sp³-hybridized carbons (Fsp3) is 0.176. The molecule has 0 bridgehead atoms. The molecule has 1 aromatic carbocycles. The Morgan fingerprint density at radius 3 is 2.82 bits per heavy atom. The van der Waals surface area contributed by atoms with Crippen molar-refractivity contribution in [1.82, 2.24) is 5.16 Å². The van der Waals surface area contributed by atoms with E-state index in [0.717, 1.165) is 11.1 Å². The van der Waals surface area contributed by atoms with Gasteiger partial charge in [-0.1, -0.05) is 17.3 Å². The number of carbonyl (C=O) groups excluding carboxylic acids is 1. The summed E-state index contributed by atoms with van der Waals surface area (Å²) in [7, 11) is 0. The number of esters is 1. The van der Waals surface area contributed by atoms with Crippen LogP contribution in [0.15, 0.2) is 51.6 Å². The van der Waals surface area contributed by atoms with E-state index in [9.17, 15) is 4.79 Å². The molecule has 0 N–H and O–H groups in total. The highest BCUT2D eigenvalue weighted by Crippen LogP contribution is 2.21. The van der Waals surface area contributed by atoms with Gasteiger partial charge < -0.3 is 13.7 Å². The zero-order valence-corrected chi connectivity index (χ0v) is 12.3. The number of ether oxygens (including phenoxy) is 1. The van der Waals surface area contributed by atoms with Crippen LogP contribution in [0, 0.1) is 13.8 Å². The molecule has 0 spiro atoms. The maximum absolute atomic E-state index is 12.1. The Bertz CT molecular complexity index is 787. The minimum Gasteiger partial charge on any atom is -0.461 e. The van der Waals surface area contributed by atoms with Crippen LogP contribution in [0.1, 0.15) is 27.2 Å². The lowest BCUT2D eigenvalue weighted by Crippen LogP contribution is -2.08. The lowest BCUT2D eigenvalue weighted by atomic mass is 10.0. The van der Waals surface area contributed by atoms with Crippen molar-refractivity contribution >= 4 is 5.97 Å². The molecule has 0 aliphatic rings. The number of carbonyl (C=O) groups is 1. The second-order valence-electron chi connectivity index (χ2n) is 4.98. The minimum absolute atomic E-state index is 0.0520. The van der Waals surface area contributed by atoms with Crippen molar-refractivity contribution in [3.05, 3.63) is 65.0 Å². The van der Waals surface area contributed by atoms with E-state index in [4.69, 9.17) is 13.7 Å². The standard InChI is InChI=1S/C17H15NO4/c1-11-5-3-6-14(12(11)2)17(19)21-10-13-9-16(22-18-13)15-7-4-8-20-15/h3-9H,10H2,1-2H3. The van der Waals surface area contributed by atoms with Crippen LogP contribution in [-0.2, 0) is 11.3 Å². The van der Waals surface area contributed by atoms with E-state index in [2.05, 4.69) is 5.16 Å². The monoisotopic (exact) mass is 297 g/mol. The van der Waals surface area contributed by atoms with Gasteiger partial charge in [0.1, 0.15) is 12.3 Å². The lowest BCUT2D eigenvalue weighted by Gasteiger charge is -2.07. The number of hydrogen-bond donors (Lipinski definition) is 0. The molecule has 112 valence electrons. The molecule has 3 aromatic rings. The van der Waals surface area contributed by atoms with Crippen molar-refractivity contribution in [2.24, 2.45) is 0 Å². The van der Waals surface area contributed by atoms with E-state index < -0.39 is 0 Å². The second kappa shape index (κ2) is 5.89. The van der Waals surface area contributed by atoms with Crippen molar-refractivity contribution in [3.63, 3.8) is 0 Å². The van der Waals surface area contributed by atoms with Gasteiger partial charge in [0.15, 0.2) is 5.76 Å². The summed E-state index contributed by atoms with van der Waals surface area (Å²) in [6, 6.07) is 10.8. The zero-order valence-electron chi connectivity index (χ0n) is 12.3.